The van der Waals surface area contributed by atoms with Crippen molar-refractivity contribution in [2.45, 2.75) is 29.6 Å². The molecular weight excluding hydrogens is 330 g/mol. The number of anilines is 2. The van der Waals surface area contributed by atoms with E-state index in [0.29, 0.717) is 13.0 Å². The van der Waals surface area contributed by atoms with Crippen LogP contribution in [0.3, 0.4) is 0 Å². The topological polar surface area (TPSA) is 57.6 Å². The molecule has 1 heterocycles. The summed E-state index contributed by atoms with van der Waals surface area (Å²) < 4.78 is 31.0. The molecule has 1 aliphatic rings. The Labute approximate surface area is 141 Å². The van der Waals surface area contributed by atoms with Crippen molar-refractivity contribution < 1.29 is 13.0 Å². The summed E-state index contributed by atoms with van der Waals surface area (Å²) in [5, 5.41) is 0. The highest BCUT2D eigenvalue weighted by Gasteiger charge is 2.23. The minimum Gasteiger partial charge on any atom is -0.340 e. The Balaban J connectivity index is 1.96. The third-order valence-electron chi connectivity index (χ3n) is 3.88. The summed E-state index contributed by atoms with van der Waals surface area (Å²) >= 11 is 1.74. The first-order chi connectivity index (χ1) is 11.0. The standard InChI is InChI=1S/C17H19NO3S2/c1-2-13-8-9-17-15(12-13)18(10-5-11-23(19,20)21)14-6-3-4-7-16(14)22-17/h3-4,6-9,12H,2,5,10-11H2,1H3,(H,19,20,21). The highest BCUT2D eigenvalue weighted by atomic mass is 32.2. The van der Waals surface area contributed by atoms with E-state index in [2.05, 4.69) is 42.2 Å². The van der Waals surface area contributed by atoms with Crippen LogP contribution < -0.4 is 4.90 Å². The molecule has 2 aromatic carbocycles. The van der Waals surface area contributed by atoms with Crippen LogP contribution in [0, 0.1) is 0 Å². The molecule has 2 aromatic rings. The van der Waals surface area contributed by atoms with Gasteiger partial charge in [0.25, 0.3) is 10.1 Å². The molecule has 122 valence electrons. The lowest BCUT2D eigenvalue weighted by Crippen LogP contribution is -2.24. The summed E-state index contributed by atoms with van der Waals surface area (Å²) in [6.45, 7) is 2.67. The molecule has 0 bridgehead atoms. The van der Waals surface area contributed by atoms with Crippen LogP contribution in [0.2, 0.25) is 0 Å². The normalized spacial score (nSPS) is 13.6. The molecule has 1 aliphatic heterocycles. The first-order valence-electron chi connectivity index (χ1n) is 7.60. The van der Waals surface area contributed by atoms with Gasteiger partial charge in [-0.3, -0.25) is 4.55 Å². The van der Waals surface area contributed by atoms with Gasteiger partial charge in [0.2, 0.25) is 0 Å². The lowest BCUT2D eigenvalue weighted by Gasteiger charge is -2.33. The van der Waals surface area contributed by atoms with Crippen molar-refractivity contribution in [3.8, 4) is 0 Å². The molecule has 0 aromatic heterocycles. The van der Waals surface area contributed by atoms with E-state index >= 15 is 0 Å². The number of benzene rings is 2. The molecule has 0 saturated heterocycles. The molecule has 3 rings (SSSR count). The van der Waals surface area contributed by atoms with Crippen LogP contribution >= 0.6 is 11.8 Å². The number of nitrogens with zero attached hydrogens (tertiary/aromatic N) is 1. The Bertz CT molecular complexity index is 818. The molecule has 0 radical (unpaired) electrons. The van der Waals surface area contributed by atoms with E-state index in [-0.39, 0.29) is 5.75 Å². The molecule has 0 aliphatic carbocycles. The van der Waals surface area contributed by atoms with Crippen LogP contribution in [0.25, 0.3) is 0 Å². The Morgan fingerprint density at radius 3 is 2.57 bits per heavy atom. The molecule has 0 fully saturated rings. The zero-order chi connectivity index (χ0) is 16.4. The number of hydrogen-bond donors (Lipinski definition) is 1. The molecule has 0 unspecified atom stereocenters. The van der Waals surface area contributed by atoms with E-state index in [4.69, 9.17) is 4.55 Å². The average Bonchev–Trinajstić information content (AvgIpc) is 2.52. The Kier molecular flexibility index (Phi) is 4.66. The van der Waals surface area contributed by atoms with Crippen molar-refractivity contribution >= 4 is 33.3 Å². The molecule has 4 nitrogen and oxygen atoms in total. The molecule has 0 atom stereocenters. The summed E-state index contributed by atoms with van der Waals surface area (Å²) in [7, 11) is -3.92. The lowest BCUT2D eigenvalue weighted by molar-refractivity contribution is 0.481. The van der Waals surface area contributed by atoms with Crippen molar-refractivity contribution in [3.05, 3.63) is 48.0 Å². The van der Waals surface area contributed by atoms with E-state index in [1.165, 1.54) is 10.5 Å². The second kappa shape index (κ2) is 6.55. The summed E-state index contributed by atoms with van der Waals surface area (Å²) in [4.78, 5) is 4.50. The summed E-state index contributed by atoms with van der Waals surface area (Å²) in [6, 6.07) is 14.6. The predicted molar refractivity (Wildman–Crippen MR) is 94.4 cm³/mol. The van der Waals surface area contributed by atoms with Crippen LogP contribution in [0.1, 0.15) is 18.9 Å². The number of para-hydroxylation sites is 1. The summed E-state index contributed by atoms with van der Waals surface area (Å²) in [5.74, 6) is -0.221. The summed E-state index contributed by atoms with van der Waals surface area (Å²) in [6.07, 6.45) is 1.34. The van der Waals surface area contributed by atoms with Crippen molar-refractivity contribution in [1.29, 1.82) is 0 Å². The number of rotatable bonds is 5. The lowest BCUT2D eigenvalue weighted by atomic mass is 10.1. The summed E-state index contributed by atoms with van der Waals surface area (Å²) in [5.41, 5.74) is 3.46. The zero-order valence-electron chi connectivity index (χ0n) is 12.9. The van der Waals surface area contributed by atoms with Crippen molar-refractivity contribution in [3.63, 3.8) is 0 Å². The molecule has 0 saturated carbocycles. The highest BCUT2D eigenvalue weighted by molar-refractivity contribution is 7.99. The molecule has 6 heteroatoms. The second-order valence-corrected chi connectivity index (χ2v) is 8.17. The van der Waals surface area contributed by atoms with Gasteiger partial charge in [0.15, 0.2) is 0 Å². The largest absolute Gasteiger partial charge is 0.340 e. The van der Waals surface area contributed by atoms with Gasteiger partial charge in [-0.15, -0.1) is 0 Å². The van der Waals surface area contributed by atoms with Gasteiger partial charge in [-0.1, -0.05) is 36.9 Å². The minimum atomic E-state index is -3.92. The number of fused-ring (bicyclic) bond motifs is 2. The Morgan fingerprint density at radius 2 is 1.83 bits per heavy atom. The monoisotopic (exact) mass is 349 g/mol. The van der Waals surface area contributed by atoms with E-state index < -0.39 is 10.1 Å². The fourth-order valence-corrected chi connectivity index (χ4v) is 4.31. The SMILES string of the molecule is CCc1ccc2c(c1)N(CCCS(=O)(=O)O)c1ccccc1S2. The average molecular weight is 349 g/mol. The van der Waals surface area contributed by atoms with Crippen LogP contribution in [-0.4, -0.2) is 25.3 Å². The fraction of sp³-hybridized carbons (Fsp3) is 0.294. The maximum Gasteiger partial charge on any atom is 0.264 e. The van der Waals surface area contributed by atoms with E-state index in [1.54, 1.807) is 11.8 Å². The minimum absolute atomic E-state index is 0.221. The van der Waals surface area contributed by atoms with Gasteiger partial charge in [-0.2, -0.15) is 8.42 Å². The highest BCUT2D eigenvalue weighted by Crippen LogP contribution is 2.48. The van der Waals surface area contributed by atoms with Crippen LogP contribution in [0.4, 0.5) is 11.4 Å². The van der Waals surface area contributed by atoms with Crippen LogP contribution in [-0.2, 0) is 16.5 Å². The van der Waals surface area contributed by atoms with Crippen molar-refractivity contribution in [2.75, 3.05) is 17.2 Å². The van der Waals surface area contributed by atoms with Gasteiger partial charge >= 0.3 is 0 Å². The van der Waals surface area contributed by atoms with E-state index in [1.807, 2.05) is 12.1 Å². The third-order valence-corrected chi connectivity index (χ3v) is 5.82. The Morgan fingerprint density at radius 1 is 1.09 bits per heavy atom. The van der Waals surface area contributed by atoms with E-state index in [0.717, 1.165) is 22.7 Å². The van der Waals surface area contributed by atoms with Crippen molar-refractivity contribution in [1.82, 2.24) is 0 Å². The number of hydrogen-bond acceptors (Lipinski definition) is 4. The van der Waals surface area contributed by atoms with E-state index in [9.17, 15) is 8.42 Å². The first-order valence-corrected chi connectivity index (χ1v) is 10.0. The zero-order valence-corrected chi connectivity index (χ0v) is 14.5. The van der Waals surface area contributed by atoms with Gasteiger partial charge in [0.05, 0.1) is 17.1 Å². The quantitative estimate of drug-likeness (QED) is 0.823. The maximum atomic E-state index is 11.0. The predicted octanol–water partition coefficient (Wildman–Crippen LogP) is 4.13. The second-order valence-electron chi connectivity index (χ2n) is 5.52. The molecular formula is C17H19NO3S2. The molecule has 1 N–H and O–H groups in total. The molecule has 23 heavy (non-hydrogen) atoms. The van der Waals surface area contributed by atoms with Gasteiger partial charge in [-0.25, -0.2) is 0 Å². The number of aryl methyl sites for hydroxylation is 1. The van der Waals surface area contributed by atoms with Crippen LogP contribution in [0.15, 0.2) is 52.3 Å². The third kappa shape index (κ3) is 3.71. The maximum absolute atomic E-state index is 11.0. The van der Waals surface area contributed by atoms with Gasteiger partial charge in [0, 0.05) is 16.3 Å². The molecule has 0 spiro atoms. The first kappa shape index (κ1) is 16.4. The van der Waals surface area contributed by atoms with Gasteiger partial charge in [0.1, 0.15) is 0 Å². The Hall–Kier alpha value is -1.50. The van der Waals surface area contributed by atoms with Crippen LogP contribution in [0.5, 0.6) is 0 Å². The molecule has 0 amide bonds. The van der Waals surface area contributed by atoms with Gasteiger partial charge in [-0.05, 0) is 42.7 Å². The van der Waals surface area contributed by atoms with Crippen molar-refractivity contribution in [2.24, 2.45) is 0 Å². The smallest absolute Gasteiger partial charge is 0.264 e. The fourth-order valence-electron chi connectivity index (χ4n) is 2.74. The van der Waals surface area contributed by atoms with Gasteiger partial charge < -0.3 is 4.90 Å².